The van der Waals surface area contributed by atoms with Gasteiger partial charge in [-0.25, -0.2) is 4.39 Å². The van der Waals surface area contributed by atoms with Gasteiger partial charge in [0.2, 0.25) is 0 Å². The lowest BCUT2D eigenvalue weighted by Crippen LogP contribution is -2.19. The predicted octanol–water partition coefficient (Wildman–Crippen LogP) is 3.08. The third kappa shape index (κ3) is 4.98. The fourth-order valence-electron chi connectivity index (χ4n) is 1.82. The summed E-state index contributed by atoms with van der Waals surface area (Å²) in [6.07, 6.45) is 4.75. The fraction of sp³-hybridized carbons (Fsp3) is 0.467. The van der Waals surface area contributed by atoms with Gasteiger partial charge in [0.25, 0.3) is 0 Å². The molecule has 0 aromatic heterocycles. The molecule has 0 radical (unpaired) electrons. The molecule has 0 atom stereocenters. The summed E-state index contributed by atoms with van der Waals surface area (Å²) in [6, 6.07) is 3.57. The molecular weight excluding hydrogens is 229 g/mol. The van der Waals surface area contributed by atoms with Crippen molar-refractivity contribution < 1.29 is 9.13 Å². The molecule has 0 saturated heterocycles. The summed E-state index contributed by atoms with van der Waals surface area (Å²) in [5.41, 5.74) is 2.64. The maximum atomic E-state index is 13.7. The summed E-state index contributed by atoms with van der Waals surface area (Å²) < 4.78 is 18.6. The first-order valence-electron chi connectivity index (χ1n) is 6.28. The van der Waals surface area contributed by atoms with Crippen LogP contribution in [-0.2, 0) is 4.74 Å². The van der Waals surface area contributed by atoms with Crippen LogP contribution < -0.4 is 5.32 Å². The number of hydrogen-bond donors (Lipinski definition) is 1. The first-order chi connectivity index (χ1) is 8.65. The van der Waals surface area contributed by atoms with Crippen LogP contribution in [0.3, 0.4) is 0 Å². The van der Waals surface area contributed by atoms with E-state index in [1.54, 1.807) is 13.2 Å². The van der Waals surface area contributed by atoms with Crippen LogP contribution in [-0.4, -0.2) is 26.8 Å². The summed E-state index contributed by atoms with van der Waals surface area (Å²) in [4.78, 5) is 0. The zero-order valence-corrected chi connectivity index (χ0v) is 11.4. The Hall–Kier alpha value is -1.19. The van der Waals surface area contributed by atoms with Crippen molar-refractivity contribution in [3.05, 3.63) is 40.7 Å². The van der Waals surface area contributed by atoms with Gasteiger partial charge in [-0.05, 0) is 44.0 Å². The monoisotopic (exact) mass is 251 g/mol. The average Bonchev–Trinajstić information content (AvgIpc) is 2.30. The number of aryl methyl sites for hydroxylation is 2. The van der Waals surface area contributed by atoms with E-state index >= 15 is 0 Å². The first-order valence-corrected chi connectivity index (χ1v) is 6.28. The molecule has 0 aliphatic rings. The van der Waals surface area contributed by atoms with Gasteiger partial charge in [-0.2, -0.15) is 0 Å². The molecule has 2 nitrogen and oxygen atoms in total. The van der Waals surface area contributed by atoms with Crippen molar-refractivity contribution in [3.8, 4) is 0 Å². The minimum atomic E-state index is -0.143. The topological polar surface area (TPSA) is 21.3 Å². The molecule has 0 heterocycles. The number of nitrogens with one attached hydrogen (secondary N) is 1. The van der Waals surface area contributed by atoms with E-state index in [4.69, 9.17) is 4.74 Å². The van der Waals surface area contributed by atoms with E-state index in [1.165, 1.54) is 0 Å². The van der Waals surface area contributed by atoms with Crippen LogP contribution >= 0.6 is 0 Å². The summed E-state index contributed by atoms with van der Waals surface area (Å²) in [5.74, 6) is -0.143. The normalized spacial score (nSPS) is 11.3. The lowest BCUT2D eigenvalue weighted by atomic mass is 10.0. The van der Waals surface area contributed by atoms with Gasteiger partial charge in [0.05, 0.1) is 6.61 Å². The van der Waals surface area contributed by atoms with Crippen molar-refractivity contribution in [2.24, 2.45) is 0 Å². The molecule has 18 heavy (non-hydrogen) atoms. The Morgan fingerprint density at radius 2 is 2.06 bits per heavy atom. The molecule has 3 heteroatoms. The zero-order valence-electron chi connectivity index (χ0n) is 11.4. The van der Waals surface area contributed by atoms with Crippen LogP contribution in [0.25, 0.3) is 6.08 Å². The number of halogens is 1. The number of ether oxygens (including phenoxy) is 1. The number of benzene rings is 1. The maximum Gasteiger partial charge on any atom is 0.130 e. The van der Waals surface area contributed by atoms with Crippen molar-refractivity contribution in [2.45, 2.75) is 20.3 Å². The molecular formula is C15H22FNO. The second-order valence-electron chi connectivity index (χ2n) is 4.41. The Labute approximate surface area is 109 Å². The SMILES string of the molecule is COCCNCC/C=C/c1c(C)cc(C)cc1F. The lowest BCUT2D eigenvalue weighted by Gasteiger charge is -2.04. The second kappa shape index (κ2) is 8.01. The third-order valence-corrected chi connectivity index (χ3v) is 2.74. The summed E-state index contributed by atoms with van der Waals surface area (Å²) in [5, 5.41) is 3.24. The largest absolute Gasteiger partial charge is 0.383 e. The summed E-state index contributed by atoms with van der Waals surface area (Å²) >= 11 is 0. The van der Waals surface area contributed by atoms with Gasteiger partial charge in [0, 0.05) is 19.2 Å². The Morgan fingerprint density at radius 3 is 2.72 bits per heavy atom. The molecule has 0 amide bonds. The molecule has 1 aromatic carbocycles. The number of rotatable bonds is 7. The molecule has 0 fully saturated rings. The highest BCUT2D eigenvalue weighted by molar-refractivity contribution is 5.55. The van der Waals surface area contributed by atoms with Crippen LogP contribution in [0.15, 0.2) is 18.2 Å². The minimum absolute atomic E-state index is 0.143. The molecule has 1 aromatic rings. The van der Waals surface area contributed by atoms with Crippen molar-refractivity contribution >= 4 is 6.08 Å². The van der Waals surface area contributed by atoms with E-state index in [9.17, 15) is 4.39 Å². The minimum Gasteiger partial charge on any atom is -0.383 e. The lowest BCUT2D eigenvalue weighted by molar-refractivity contribution is 0.199. The Morgan fingerprint density at radius 1 is 1.28 bits per heavy atom. The first kappa shape index (κ1) is 14.9. The highest BCUT2D eigenvalue weighted by Crippen LogP contribution is 2.17. The van der Waals surface area contributed by atoms with Crippen LogP contribution in [0, 0.1) is 19.7 Å². The second-order valence-corrected chi connectivity index (χ2v) is 4.41. The van der Waals surface area contributed by atoms with E-state index in [2.05, 4.69) is 5.32 Å². The van der Waals surface area contributed by atoms with Gasteiger partial charge in [0.15, 0.2) is 0 Å². The Bertz CT molecular complexity index is 378. The van der Waals surface area contributed by atoms with E-state index < -0.39 is 0 Å². The van der Waals surface area contributed by atoms with Crippen molar-refractivity contribution in [2.75, 3.05) is 26.8 Å². The summed E-state index contributed by atoms with van der Waals surface area (Å²) in [7, 11) is 1.69. The molecule has 1 rings (SSSR count). The highest BCUT2D eigenvalue weighted by atomic mass is 19.1. The van der Waals surface area contributed by atoms with Gasteiger partial charge in [-0.1, -0.05) is 18.2 Å². The van der Waals surface area contributed by atoms with Crippen molar-refractivity contribution in [3.63, 3.8) is 0 Å². The number of hydrogen-bond acceptors (Lipinski definition) is 2. The smallest absolute Gasteiger partial charge is 0.130 e. The highest BCUT2D eigenvalue weighted by Gasteiger charge is 2.02. The van der Waals surface area contributed by atoms with Gasteiger partial charge < -0.3 is 10.1 Å². The summed E-state index contributed by atoms with van der Waals surface area (Å²) in [6.45, 7) is 6.29. The third-order valence-electron chi connectivity index (χ3n) is 2.74. The van der Waals surface area contributed by atoms with Crippen LogP contribution in [0.4, 0.5) is 4.39 Å². The standard InChI is InChI=1S/C15H22FNO/c1-12-10-13(2)14(15(16)11-12)6-4-5-7-17-8-9-18-3/h4,6,10-11,17H,5,7-9H2,1-3H3/b6-4+. The van der Waals surface area contributed by atoms with E-state index in [0.717, 1.165) is 37.2 Å². The van der Waals surface area contributed by atoms with Crippen molar-refractivity contribution in [1.29, 1.82) is 0 Å². The Kier molecular flexibility index (Phi) is 6.61. The molecule has 0 bridgehead atoms. The van der Waals surface area contributed by atoms with Crippen molar-refractivity contribution in [1.82, 2.24) is 5.32 Å². The molecule has 100 valence electrons. The number of methoxy groups -OCH3 is 1. The van der Waals surface area contributed by atoms with Gasteiger partial charge in [0.1, 0.15) is 5.82 Å². The van der Waals surface area contributed by atoms with Gasteiger partial charge in [-0.15, -0.1) is 0 Å². The van der Waals surface area contributed by atoms with E-state index in [-0.39, 0.29) is 5.82 Å². The molecule has 0 aliphatic heterocycles. The zero-order chi connectivity index (χ0) is 13.4. The predicted molar refractivity (Wildman–Crippen MR) is 74.3 cm³/mol. The fourth-order valence-corrected chi connectivity index (χ4v) is 1.82. The Balaban J connectivity index is 2.42. The maximum absolute atomic E-state index is 13.7. The van der Waals surface area contributed by atoms with E-state index in [0.29, 0.717) is 5.56 Å². The van der Waals surface area contributed by atoms with Gasteiger partial charge >= 0.3 is 0 Å². The molecule has 0 aliphatic carbocycles. The van der Waals surface area contributed by atoms with Gasteiger partial charge in [-0.3, -0.25) is 0 Å². The molecule has 0 saturated carbocycles. The average molecular weight is 251 g/mol. The molecule has 1 N–H and O–H groups in total. The quantitative estimate of drug-likeness (QED) is 0.752. The van der Waals surface area contributed by atoms with Crippen LogP contribution in [0.1, 0.15) is 23.1 Å². The molecule has 0 spiro atoms. The van der Waals surface area contributed by atoms with Crippen LogP contribution in [0.2, 0.25) is 0 Å². The van der Waals surface area contributed by atoms with Crippen LogP contribution in [0.5, 0.6) is 0 Å². The van der Waals surface area contributed by atoms with E-state index in [1.807, 2.05) is 32.1 Å². The molecule has 0 unspecified atom stereocenters.